The summed E-state index contributed by atoms with van der Waals surface area (Å²) in [5.74, 6) is -0.640. The van der Waals surface area contributed by atoms with Crippen LogP contribution in [0.25, 0.3) is 0 Å². The maximum Gasteiger partial charge on any atom is 0.258 e. The molecule has 0 atom stereocenters. The molecular formula is C16H14BrFN2O. The smallest absolute Gasteiger partial charge is 0.258 e. The zero-order valence-corrected chi connectivity index (χ0v) is 12.9. The molecule has 0 bridgehead atoms. The second-order valence-electron chi connectivity index (χ2n) is 5.03. The first-order valence-corrected chi connectivity index (χ1v) is 7.51. The summed E-state index contributed by atoms with van der Waals surface area (Å²) in [6.07, 6.45) is 1.71. The maximum atomic E-state index is 13.6. The molecule has 3 nitrogen and oxygen atoms in total. The van der Waals surface area contributed by atoms with Gasteiger partial charge >= 0.3 is 0 Å². The Morgan fingerprint density at radius 3 is 2.86 bits per heavy atom. The molecule has 0 saturated heterocycles. The number of fused-ring (bicyclic) bond motifs is 1. The van der Waals surface area contributed by atoms with Crippen LogP contribution in [0.5, 0.6) is 0 Å². The average molecular weight is 349 g/mol. The molecule has 2 N–H and O–H groups in total. The first kappa shape index (κ1) is 14.1. The number of nitrogens with two attached hydrogens (primary N) is 1. The molecule has 1 aliphatic rings. The van der Waals surface area contributed by atoms with Crippen LogP contribution in [0.2, 0.25) is 0 Å². The van der Waals surface area contributed by atoms with Gasteiger partial charge in [-0.2, -0.15) is 0 Å². The van der Waals surface area contributed by atoms with Crippen LogP contribution >= 0.6 is 15.9 Å². The Morgan fingerprint density at radius 1 is 1.29 bits per heavy atom. The first-order valence-electron chi connectivity index (χ1n) is 6.72. The van der Waals surface area contributed by atoms with Crippen LogP contribution in [0.1, 0.15) is 22.3 Å². The predicted octanol–water partition coefficient (Wildman–Crippen LogP) is 3.76. The molecule has 0 radical (unpaired) electrons. The van der Waals surface area contributed by atoms with Crippen LogP contribution in [0, 0.1) is 5.82 Å². The molecule has 1 amide bonds. The number of halogens is 2. The third-order valence-electron chi connectivity index (χ3n) is 3.70. The van der Waals surface area contributed by atoms with E-state index < -0.39 is 5.82 Å². The summed E-state index contributed by atoms with van der Waals surface area (Å²) in [6.45, 7) is 0.618. The third kappa shape index (κ3) is 2.53. The Bertz CT molecular complexity index is 717. The van der Waals surface area contributed by atoms with Gasteiger partial charge in [0.25, 0.3) is 5.91 Å². The summed E-state index contributed by atoms with van der Waals surface area (Å²) < 4.78 is 14.0. The van der Waals surface area contributed by atoms with Gasteiger partial charge in [-0.1, -0.05) is 6.07 Å². The van der Waals surface area contributed by atoms with Crippen molar-refractivity contribution in [2.75, 3.05) is 17.2 Å². The SMILES string of the molecule is Nc1cccc2c1CCCN2C(=O)c1ccc(Br)c(F)c1. The predicted molar refractivity (Wildman–Crippen MR) is 85.0 cm³/mol. The minimum absolute atomic E-state index is 0.201. The molecule has 108 valence electrons. The van der Waals surface area contributed by atoms with Crippen LogP contribution in [-0.4, -0.2) is 12.5 Å². The zero-order chi connectivity index (χ0) is 15.0. The van der Waals surface area contributed by atoms with Gasteiger partial charge < -0.3 is 10.6 Å². The molecule has 1 heterocycles. The van der Waals surface area contributed by atoms with Gasteiger partial charge in [0.05, 0.1) is 4.47 Å². The van der Waals surface area contributed by atoms with E-state index >= 15 is 0 Å². The monoisotopic (exact) mass is 348 g/mol. The van der Waals surface area contributed by atoms with Gasteiger partial charge in [-0.15, -0.1) is 0 Å². The van der Waals surface area contributed by atoms with Crippen molar-refractivity contribution in [3.63, 3.8) is 0 Å². The van der Waals surface area contributed by atoms with E-state index in [2.05, 4.69) is 15.9 Å². The maximum absolute atomic E-state index is 13.6. The van der Waals surface area contributed by atoms with E-state index in [1.54, 1.807) is 17.0 Å². The lowest BCUT2D eigenvalue weighted by Gasteiger charge is -2.30. The molecule has 2 aromatic carbocycles. The van der Waals surface area contributed by atoms with Crippen molar-refractivity contribution in [1.82, 2.24) is 0 Å². The highest BCUT2D eigenvalue weighted by molar-refractivity contribution is 9.10. The second-order valence-corrected chi connectivity index (χ2v) is 5.89. The molecule has 0 aromatic heterocycles. The molecule has 3 rings (SSSR count). The van der Waals surface area contributed by atoms with Gasteiger partial charge in [-0.05, 0) is 64.7 Å². The lowest BCUT2D eigenvalue weighted by molar-refractivity contribution is 0.0984. The number of benzene rings is 2. The van der Waals surface area contributed by atoms with E-state index in [0.29, 0.717) is 22.3 Å². The zero-order valence-electron chi connectivity index (χ0n) is 11.3. The average Bonchev–Trinajstić information content (AvgIpc) is 2.49. The van der Waals surface area contributed by atoms with Crippen molar-refractivity contribution in [3.05, 3.63) is 57.8 Å². The normalized spacial score (nSPS) is 13.9. The van der Waals surface area contributed by atoms with Crippen molar-refractivity contribution in [2.24, 2.45) is 0 Å². The van der Waals surface area contributed by atoms with Gasteiger partial charge in [0.15, 0.2) is 0 Å². The number of carbonyl (C=O) groups excluding carboxylic acids is 1. The lowest BCUT2D eigenvalue weighted by atomic mass is 9.99. The van der Waals surface area contributed by atoms with Gasteiger partial charge in [0.1, 0.15) is 5.82 Å². The number of hydrogen-bond acceptors (Lipinski definition) is 2. The van der Waals surface area contributed by atoms with Gasteiger partial charge in [0, 0.05) is 23.5 Å². The van der Waals surface area contributed by atoms with E-state index in [0.717, 1.165) is 24.1 Å². The summed E-state index contributed by atoms with van der Waals surface area (Å²) in [7, 11) is 0. The van der Waals surface area contributed by atoms with Crippen molar-refractivity contribution in [2.45, 2.75) is 12.8 Å². The second kappa shape index (κ2) is 5.48. The Morgan fingerprint density at radius 2 is 2.10 bits per heavy atom. The summed E-state index contributed by atoms with van der Waals surface area (Å²) >= 11 is 3.09. The Kier molecular flexibility index (Phi) is 3.68. The molecule has 0 unspecified atom stereocenters. The van der Waals surface area contributed by atoms with Crippen LogP contribution in [0.4, 0.5) is 15.8 Å². The van der Waals surface area contributed by atoms with Crippen molar-refractivity contribution >= 4 is 33.2 Å². The lowest BCUT2D eigenvalue weighted by Crippen LogP contribution is -2.35. The third-order valence-corrected chi connectivity index (χ3v) is 4.34. The first-order chi connectivity index (χ1) is 10.1. The summed E-state index contributed by atoms with van der Waals surface area (Å²) in [5, 5.41) is 0. The molecule has 2 aromatic rings. The van der Waals surface area contributed by atoms with Crippen LogP contribution in [0.3, 0.4) is 0 Å². The molecule has 0 saturated carbocycles. The topological polar surface area (TPSA) is 46.3 Å². The summed E-state index contributed by atoms with van der Waals surface area (Å²) in [4.78, 5) is 14.3. The number of rotatable bonds is 1. The molecule has 21 heavy (non-hydrogen) atoms. The molecular weight excluding hydrogens is 335 g/mol. The van der Waals surface area contributed by atoms with E-state index in [9.17, 15) is 9.18 Å². The van der Waals surface area contributed by atoms with Crippen molar-refractivity contribution in [3.8, 4) is 0 Å². The van der Waals surface area contributed by atoms with E-state index in [1.165, 1.54) is 6.07 Å². The Labute approximate surface area is 130 Å². The van der Waals surface area contributed by atoms with Crippen LogP contribution in [0.15, 0.2) is 40.9 Å². The molecule has 0 fully saturated rings. The van der Waals surface area contributed by atoms with Crippen molar-refractivity contribution < 1.29 is 9.18 Å². The van der Waals surface area contributed by atoms with E-state index in [4.69, 9.17) is 5.73 Å². The largest absolute Gasteiger partial charge is 0.398 e. The summed E-state index contributed by atoms with van der Waals surface area (Å²) in [6, 6.07) is 9.99. The minimum atomic E-state index is -0.439. The number of anilines is 2. The van der Waals surface area contributed by atoms with E-state index in [-0.39, 0.29) is 5.91 Å². The van der Waals surface area contributed by atoms with Gasteiger partial charge in [0.2, 0.25) is 0 Å². The Hall–Kier alpha value is -1.88. The molecule has 0 spiro atoms. The highest BCUT2D eigenvalue weighted by atomic mass is 79.9. The van der Waals surface area contributed by atoms with Gasteiger partial charge in [-0.3, -0.25) is 4.79 Å². The molecule has 0 aliphatic carbocycles. The van der Waals surface area contributed by atoms with Gasteiger partial charge in [-0.25, -0.2) is 4.39 Å². The van der Waals surface area contributed by atoms with Crippen LogP contribution in [-0.2, 0) is 6.42 Å². The fourth-order valence-electron chi connectivity index (χ4n) is 2.65. The minimum Gasteiger partial charge on any atom is -0.398 e. The fraction of sp³-hybridized carbons (Fsp3) is 0.188. The van der Waals surface area contributed by atoms with Crippen molar-refractivity contribution in [1.29, 1.82) is 0 Å². The number of amides is 1. The fourth-order valence-corrected chi connectivity index (χ4v) is 2.89. The highest BCUT2D eigenvalue weighted by Gasteiger charge is 2.25. The Balaban J connectivity index is 2.00. The number of nitrogens with zero attached hydrogens (tertiary/aromatic N) is 1. The highest BCUT2D eigenvalue weighted by Crippen LogP contribution is 2.32. The number of nitrogen functional groups attached to an aromatic ring is 1. The van der Waals surface area contributed by atoms with Crippen LogP contribution < -0.4 is 10.6 Å². The number of carbonyl (C=O) groups is 1. The molecule has 1 aliphatic heterocycles. The number of hydrogen-bond donors (Lipinski definition) is 1. The standard InChI is InChI=1S/C16H14BrFN2O/c17-12-7-6-10(9-13(12)18)16(21)20-8-2-3-11-14(19)4-1-5-15(11)20/h1,4-7,9H,2-3,8,19H2. The van der Waals surface area contributed by atoms with E-state index in [1.807, 2.05) is 18.2 Å². The summed E-state index contributed by atoms with van der Waals surface area (Å²) in [5.41, 5.74) is 8.85. The quantitative estimate of drug-likeness (QED) is 0.797. The molecule has 5 heteroatoms.